The summed E-state index contributed by atoms with van der Waals surface area (Å²) in [5.74, 6) is 0.328. The Balaban J connectivity index is 1.66. The van der Waals surface area contributed by atoms with Crippen LogP contribution in [0.1, 0.15) is 19.6 Å². The summed E-state index contributed by atoms with van der Waals surface area (Å²) in [5, 5.41) is 12.7. The van der Waals surface area contributed by atoms with Gasteiger partial charge in [0.1, 0.15) is 24.8 Å². The second-order valence-electron chi connectivity index (χ2n) is 7.39. The normalized spacial score (nSPS) is 24.4. The molecule has 19 nitrogen and oxygen atoms in total. The molecule has 0 spiro atoms. The second-order valence-corrected chi connectivity index (χ2v) is 12.2. The van der Waals surface area contributed by atoms with Gasteiger partial charge in [0.2, 0.25) is 0 Å². The lowest BCUT2D eigenvalue weighted by Gasteiger charge is -2.19. The van der Waals surface area contributed by atoms with Gasteiger partial charge in [-0.2, -0.15) is 21.3 Å². The standard InChI is InChI=1S/C14H22N5O14P3S/c1-7(4-37)30-14(21)18-12-11-13(16-5-15-12)19(6-17-11)10-2-8(20)9(31-10)3-29-35(25,26)33-36(27,28)32-34(22,23)24/h5-10,20,37H,2-4H2,1H3,(H,25,26)(H,27,28)(H2,22,23,24)(H,15,16,18,21). The summed E-state index contributed by atoms with van der Waals surface area (Å²) in [6.07, 6.45) is -2.37. The molecule has 1 aliphatic rings. The third kappa shape index (κ3) is 8.49. The van der Waals surface area contributed by atoms with E-state index in [1.807, 2.05) is 0 Å². The number of aliphatic hydroxyl groups is 1. The molecular weight excluding hydrogens is 587 g/mol. The Bertz CT molecular complexity index is 1270. The first kappa shape index (κ1) is 30.0. The van der Waals surface area contributed by atoms with Gasteiger partial charge in [-0.05, 0) is 6.92 Å². The van der Waals surface area contributed by atoms with Crippen LogP contribution in [0, 0.1) is 0 Å². The monoisotopic (exact) mass is 609 g/mol. The van der Waals surface area contributed by atoms with Crippen LogP contribution >= 0.6 is 36.1 Å². The fourth-order valence-electron chi connectivity index (χ4n) is 3.01. The third-order valence-electron chi connectivity index (χ3n) is 4.48. The van der Waals surface area contributed by atoms with Crippen molar-refractivity contribution in [3.63, 3.8) is 0 Å². The third-order valence-corrected chi connectivity index (χ3v) is 8.79. The molecule has 2 aromatic heterocycles. The smallest absolute Gasteiger partial charge is 0.445 e. The fourth-order valence-corrected chi connectivity index (χ4v) is 6.11. The van der Waals surface area contributed by atoms with Gasteiger partial charge < -0.3 is 34.2 Å². The fraction of sp³-hybridized carbons (Fsp3) is 0.571. The highest BCUT2D eigenvalue weighted by Crippen LogP contribution is 2.66. The van der Waals surface area contributed by atoms with Gasteiger partial charge in [-0.1, -0.05) is 0 Å². The van der Waals surface area contributed by atoms with Gasteiger partial charge in [0.05, 0.1) is 19.0 Å². The largest absolute Gasteiger partial charge is 0.490 e. The average Bonchev–Trinajstić information content (AvgIpc) is 3.33. The average molecular weight is 609 g/mol. The van der Waals surface area contributed by atoms with Crippen LogP contribution in [-0.2, 0) is 36.3 Å². The number of nitrogens with zero attached hydrogens (tertiary/aromatic N) is 4. The number of imidazole rings is 1. The maximum atomic E-state index is 12.0. The van der Waals surface area contributed by atoms with Gasteiger partial charge in [0.15, 0.2) is 17.0 Å². The van der Waals surface area contributed by atoms with Crippen LogP contribution in [0.5, 0.6) is 0 Å². The zero-order chi connectivity index (χ0) is 27.6. The first-order valence-corrected chi connectivity index (χ1v) is 15.1. The van der Waals surface area contributed by atoms with Gasteiger partial charge in [-0.15, -0.1) is 0 Å². The first-order chi connectivity index (χ1) is 17.1. The van der Waals surface area contributed by atoms with Crippen LogP contribution in [0.3, 0.4) is 0 Å². The molecule has 6 unspecified atom stereocenters. The lowest BCUT2D eigenvalue weighted by molar-refractivity contribution is -0.0423. The van der Waals surface area contributed by atoms with Gasteiger partial charge in [-0.3, -0.25) is 14.4 Å². The molecule has 6 atom stereocenters. The Morgan fingerprint density at radius 2 is 1.92 bits per heavy atom. The van der Waals surface area contributed by atoms with Gasteiger partial charge >= 0.3 is 29.6 Å². The van der Waals surface area contributed by atoms with Crippen LogP contribution < -0.4 is 5.32 Å². The Kier molecular flexibility index (Phi) is 9.51. The predicted octanol–water partition coefficient (Wildman–Crippen LogP) is 0.685. The number of fused-ring (bicyclic) bond motifs is 1. The zero-order valence-electron chi connectivity index (χ0n) is 18.6. The minimum Gasteiger partial charge on any atom is -0.445 e. The van der Waals surface area contributed by atoms with E-state index in [0.717, 1.165) is 6.33 Å². The molecule has 0 aliphatic carbocycles. The summed E-state index contributed by atoms with van der Waals surface area (Å²) < 4.78 is 57.8. The van der Waals surface area contributed by atoms with Crippen molar-refractivity contribution in [3.05, 3.63) is 12.7 Å². The van der Waals surface area contributed by atoms with E-state index in [4.69, 9.17) is 19.3 Å². The number of phosphoric acid groups is 3. The molecule has 6 N–H and O–H groups in total. The van der Waals surface area contributed by atoms with E-state index in [-0.39, 0.29) is 23.4 Å². The second kappa shape index (κ2) is 11.7. The summed E-state index contributed by atoms with van der Waals surface area (Å²) >= 11 is 4.02. The van der Waals surface area contributed by atoms with Crippen LogP contribution in [0.25, 0.3) is 11.2 Å². The number of hydrogen-bond acceptors (Lipinski definition) is 14. The molecule has 2 aromatic rings. The van der Waals surface area contributed by atoms with Crippen molar-refractivity contribution in [3.8, 4) is 0 Å². The molecule has 1 saturated heterocycles. The Morgan fingerprint density at radius 3 is 2.57 bits per heavy atom. The molecule has 0 aromatic carbocycles. The molecule has 3 heterocycles. The van der Waals surface area contributed by atoms with E-state index in [9.17, 15) is 33.4 Å². The Hall–Kier alpha value is -1.50. The van der Waals surface area contributed by atoms with E-state index in [1.54, 1.807) is 6.92 Å². The van der Waals surface area contributed by atoms with Gasteiger partial charge in [0.25, 0.3) is 0 Å². The van der Waals surface area contributed by atoms with Gasteiger partial charge in [0, 0.05) is 12.2 Å². The maximum absolute atomic E-state index is 12.0. The van der Waals surface area contributed by atoms with Crippen molar-refractivity contribution in [2.45, 2.75) is 37.9 Å². The van der Waals surface area contributed by atoms with E-state index in [0.29, 0.717) is 5.75 Å². The minimum atomic E-state index is -5.69. The summed E-state index contributed by atoms with van der Waals surface area (Å²) in [7, 11) is -16.6. The number of rotatable bonds is 11. The molecular formula is C14H22N5O14P3S. The number of carbonyl (C=O) groups excluding carboxylic acids is 1. The lowest BCUT2D eigenvalue weighted by atomic mass is 10.2. The van der Waals surface area contributed by atoms with Crippen LogP contribution in [0.4, 0.5) is 10.6 Å². The molecule has 0 radical (unpaired) electrons. The van der Waals surface area contributed by atoms with Crippen molar-refractivity contribution in [2.75, 3.05) is 17.7 Å². The van der Waals surface area contributed by atoms with E-state index >= 15 is 0 Å². The highest BCUT2D eigenvalue weighted by Gasteiger charge is 2.43. The van der Waals surface area contributed by atoms with Gasteiger partial charge in [-0.25, -0.2) is 33.4 Å². The van der Waals surface area contributed by atoms with E-state index in [2.05, 4.69) is 46.0 Å². The van der Waals surface area contributed by atoms with Crippen LogP contribution in [-0.4, -0.2) is 81.0 Å². The molecule has 208 valence electrons. The number of nitrogens with one attached hydrogen (secondary N) is 1. The molecule has 1 amide bonds. The summed E-state index contributed by atoms with van der Waals surface area (Å²) in [5.41, 5.74) is 0.353. The number of hydrogen-bond donors (Lipinski definition) is 7. The molecule has 23 heteroatoms. The molecule has 0 bridgehead atoms. The van der Waals surface area contributed by atoms with Crippen LogP contribution in [0.2, 0.25) is 0 Å². The van der Waals surface area contributed by atoms with Crippen LogP contribution in [0.15, 0.2) is 12.7 Å². The molecule has 1 fully saturated rings. The highest BCUT2D eigenvalue weighted by atomic mass is 32.1. The molecule has 1 aliphatic heterocycles. The van der Waals surface area contributed by atoms with E-state index in [1.165, 1.54) is 10.9 Å². The minimum absolute atomic E-state index is 0.0304. The van der Waals surface area contributed by atoms with Crippen molar-refractivity contribution < 1.29 is 65.8 Å². The molecule has 0 saturated carbocycles. The number of anilines is 1. The van der Waals surface area contributed by atoms with Crippen molar-refractivity contribution in [2.24, 2.45) is 0 Å². The Labute approximate surface area is 213 Å². The Morgan fingerprint density at radius 1 is 1.22 bits per heavy atom. The number of thiol groups is 1. The summed E-state index contributed by atoms with van der Waals surface area (Å²) in [6.45, 7) is 0.797. The maximum Gasteiger partial charge on any atom is 0.490 e. The lowest BCUT2D eigenvalue weighted by Crippen LogP contribution is -2.26. The number of aromatic nitrogens is 4. The van der Waals surface area contributed by atoms with Crippen molar-refractivity contribution in [1.29, 1.82) is 0 Å². The predicted molar refractivity (Wildman–Crippen MR) is 123 cm³/mol. The highest BCUT2D eigenvalue weighted by molar-refractivity contribution is 7.80. The topological polar surface area (TPSA) is 271 Å². The number of carbonyl (C=O) groups is 1. The van der Waals surface area contributed by atoms with E-state index < -0.39 is 60.7 Å². The number of amides is 1. The molecule has 37 heavy (non-hydrogen) atoms. The number of phosphoric ester groups is 1. The quantitative estimate of drug-likeness (QED) is 0.136. The van der Waals surface area contributed by atoms with Crippen molar-refractivity contribution in [1.82, 2.24) is 19.5 Å². The first-order valence-electron chi connectivity index (χ1n) is 9.97. The SMILES string of the molecule is CC(CS)OC(=O)Nc1ncnc2c1ncn2C1CC(O)C(COP(=O)(O)OP(=O)(O)OP(=O)(O)O)O1. The van der Waals surface area contributed by atoms with Crippen molar-refractivity contribution >= 4 is 59.2 Å². The summed E-state index contributed by atoms with van der Waals surface area (Å²) in [6, 6.07) is 0. The summed E-state index contributed by atoms with van der Waals surface area (Å²) in [4.78, 5) is 60.1. The molecule has 3 rings (SSSR count). The number of aliphatic hydroxyl groups excluding tert-OH is 1. The zero-order valence-corrected chi connectivity index (χ0v) is 22.2. The number of ether oxygens (including phenoxy) is 2.